The molecule has 2 rings (SSSR count). The maximum Gasteiger partial charge on any atom is 0.122 e. The van der Waals surface area contributed by atoms with Crippen LogP contribution in [0, 0.1) is 6.92 Å². The van der Waals surface area contributed by atoms with Gasteiger partial charge in [0.25, 0.3) is 0 Å². The van der Waals surface area contributed by atoms with Crippen molar-refractivity contribution in [3.63, 3.8) is 0 Å². The Labute approximate surface area is 121 Å². The number of methoxy groups -OCH3 is 1. The molecule has 0 fully saturated rings. The molecular weight excluding hydrogens is 246 g/mol. The minimum atomic E-state index is 0.158. The number of aryl methyl sites for hydroxylation is 2. The molecule has 0 aromatic heterocycles. The Balaban J connectivity index is 1.93. The summed E-state index contributed by atoms with van der Waals surface area (Å²) in [4.78, 5) is 0. The van der Waals surface area contributed by atoms with Crippen molar-refractivity contribution in [2.24, 2.45) is 5.73 Å². The molecule has 0 amide bonds. The molecule has 0 aliphatic heterocycles. The quantitative estimate of drug-likeness (QED) is 0.871. The van der Waals surface area contributed by atoms with Gasteiger partial charge in [0.05, 0.1) is 7.11 Å². The highest BCUT2D eigenvalue weighted by Gasteiger charge is 2.09. The van der Waals surface area contributed by atoms with Crippen molar-refractivity contribution in [2.75, 3.05) is 7.11 Å². The van der Waals surface area contributed by atoms with Crippen molar-refractivity contribution < 1.29 is 4.74 Å². The van der Waals surface area contributed by atoms with Crippen LogP contribution in [0.1, 0.15) is 23.1 Å². The van der Waals surface area contributed by atoms with E-state index < -0.39 is 0 Å². The van der Waals surface area contributed by atoms with Gasteiger partial charge in [0.15, 0.2) is 0 Å². The highest BCUT2D eigenvalue weighted by molar-refractivity contribution is 5.34. The van der Waals surface area contributed by atoms with Crippen molar-refractivity contribution in [3.8, 4) is 5.75 Å². The first kappa shape index (κ1) is 14.6. The zero-order valence-corrected chi connectivity index (χ0v) is 12.3. The number of nitrogens with two attached hydrogens (primary N) is 1. The Morgan fingerprint density at radius 1 is 1.00 bits per heavy atom. The molecule has 0 heterocycles. The average molecular weight is 269 g/mol. The second-order valence-corrected chi connectivity index (χ2v) is 5.24. The molecule has 106 valence electrons. The molecule has 2 N–H and O–H groups in total. The number of ether oxygens (including phenoxy) is 1. The third-order valence-electron chi connectivity index (χ3n) is 3.72. The Hall–Kier alpha value is -1.80. The third kappa shape index (κ3) is 3.84. The van der Waals surface area contributed by atoms with E-state index >= 15 is 0 Å². The fraction of sp³-hybridized carbons (Fsp3) is 0.333. The fourth-order valence-electron chi connectivity index (χ4n) is 2.49. The van der Waals surface area contributed by atoms with Gasteiger partial charge in [-0.05, 0) is 48.9 Å². The van der Waals surface area contributed by atoms with E-state index in [1.54, 1.807) is 7.11 Å². The molecule has 1 atom stereocenters. The molecular formula is C18H23NO. The van der Waals surface area contributed by atoms with E-state index in [9.17, 15) is 0 Å². The number of benzene rings is 2. The van der Waals surface area contributed by atoms with E-state index in [4.69, 9.17) is 10.5 Å². The number of hydrogen-bond donors (Lipinski definition) is 1. The third-order valence-corrected chi connectivity index (χ3v) is 3.72. The van der Waals surface area contributed by atoms with Crippen LogP contribution in [0.3, 0.4) is 0 Å². The molecule has 1 unspecified atom stereocenters. The summed E-state index contributed by atoms with van der Waals surface area (Å²) >= 11 is 0. The summed E-state index contributed by atoms with van der Waals surface area (Å²) in [5, 5.41) is 0. The zero-order chi connectivity index (χ0) is 14.4. The van der Waals surface area contributed by atoms with Gasteiger partial charge >= 0.3 is 0 Å². The molecule has 2 aromatic carbocycles. The van der Waals surface area contributed by atoms with Crippen molar-refractivity contribution >= 4 is 0 Å². The summed E-state index contributed by atoms with van der Waals surface area (Å²) in [6, 6.07) is 16.8. The predicted molar refractivity (Wildman–Crippen MR) is 84.2 cm³/mol. The molecule has 2 nitrogen and oxygen atoms in total. The Kier molecular flexibility index (Phi) is 5.19. The van der Waals surface area contributed by atoms with Crippen LogP contribution < -0.4 is 10.5 Å². The molecule has 0 radical (unpaired) electrons. The summed E-state index contributed by atoms with van der Waals surface area (Å²) in [5.41, 5.74) is 10.2. The van der Waals surface area contributed by atoms with Gasteiger partial charge in [0.2, 0.25) is 0 Å². The fourth-order valence-corrected chi connectivity index (χ4v) is 2.49. The van der Waals surface area contributed by atoms with Crippen LogP contribution in [-0.4, -0.2) is 13.2 Å². The zero-order valence-electron chi connectivity index (χ0n) is 12.3. The summed E-state index contributed by atoms with van der Waals surface area (Å²) in [7, 11) is 1.71. The van der Waals surface area contributed by atoms with Crippen LogP contribution in [0.25, 0.3) is 0 Å². The van der Waals surface area contributed by atoms with E-state index in [1.165, 1.54) is 16.7 Å². The Bertz CT molecular complexity index is 551. The molecule has 0 aliphatic carbocycles. The molecule has 2 heteroatoms. The minimum absolute atomic E-state index is 0.158. The lowest BCUT2D eigenvalue weighted by atomic mass is 9.97. The molecule has 0 saturated carbocycles. The summed E-state index contributed by atoms with van der Waals surface area (Å²) in [5.74, 6) is 0.929. The van der Waals surface area contributed by atoms with Gasteiger partial charge in [0.1, 0.15) is 5.75 Å². The van der Waals surface area contributed by atoms with Gasteiger partial charge < -0.3 is 10.5 Å². The topological polar surface area (TPSA) is 35.2 Å². The first-order valence-corrected chi connectivity index (χ1v) is 7.12. The first-order chi connectivity index (χ1) is 9.70. The summed E-state index contributed by atoms with van der Waals surface area (Å²) in [6.07, 6.45) is 2.88. The molecule has 2 aromatic rings. The number of hydrogen-bond acceptors (Lipinski definition) is 2. The van der Waals surface area contributed by atoms with Gasteiger partial charge in [0, 0.05) is 6.04 Å². The second kappa shape index (κ2) is 7.11. The predicted octanol–water partition coefficient (Wildman–Crippen LogP) is 3.51. The lowest BCUT2D eigenvalue weighted by molar-refractivity contribution is 0.407. The van der Waals surface area contributed by atoms with Gasteiger partial charge in [-0.2, -0.15) is 0 Å². The van der Waals surface area contributed by atoms with E-state index in [0.29, 0.717) is 0 Å². The Morgan fingerprint density at radius 3 is 2.35 bits per heavy atom. The Morgan fingerprint density at radius 2 is 1.65 bits per heavy atom. The van der Waals surface area contributed by atoms with Crippen molar-refractivity contribution in [1.82, 2.24) is 0 Å². The summed E-state index contributed by atoms with van der Waals surface area (Å²) in [6.45, 7) is 2.15. The van der Waals surface area contributed by atoms with Crippen molar-refractivity contribution in [3.05, 3.63) is 65.2 Å². The molecule has 0 saturated heterocycles. The molecule has 0 spiro atoms. The summed E-state index contributed by atoms with van der Waals surface area (Å²) < 4.78 is 5.37. The van der Waals surface area contributed by atoms with E-state index in [-0.39, 0.29) is 6.04 Å². The molecule has 20 heavy (non-hydrogen) atoms. The van der Waals surface area contributed by atoms with Gasteiger partial charge in [-0.3, -0.25) is 0 Å². The SMILES string of the molecule is COc1ccccc1CC(N)CCc1ccccc1C. The monoisotopic (exact) mass is 269 g/mol. The van der Waals surface area contributed by atoms with E-state index in [2.05, 4.69) is 37.3 Å². The number of para-hydroxylation sites is 1. The minimum Gasteiger partial charge on any atom is -0.496 e. The van der Waals surface area contributed by atoms with Crippen LogP contribution >= 0.6 is 0 Å². The second-order valence-electron chi connectivity index (χ2n) is 5.24. The highest BCUT2D eigenvalue weighted by Crippen LogP contribution is 2.20. The lowest BCUT2D eigenvalue weighted by Gasteiger charge is -2.15. The molecule has 0 bridgehead atoms. The maximum absolute atomic E-state index is 6.27. The van der Waals surface area contributed by atoms with Crippen LogP contribution in [0.2, 0.25) is 0 Å². The smallest absolute Gasteiger partial charge is 0.122 e. The van der Waals surface area contributed by atoms with Gasteiger partial charge in [-0.15, -0.1) is 0 Å². The lowest BCUT2D eigenvalue weighted by Crippen LogP contribution is -2.23. The van der Waals surface area contributed by atoms with Gasteiger partial charge in [-0.1, -0.05) is 42.5 Å². The van der Waals surface area contributed by atoms with E-state index in [0.717, 1.165) is 25.0 Å². The first-order valence-electron chi connectivity index (χ1n) is 7.12. The van der Waals surface area contributed by atoms with Gasteiger partial charge in [-0.25, -0.2) is 0 Å². The van der Waals surface area contributed by atoms with Crippen LogP contribution in [0.15, 0.2) is 48.5 Å². The normalized spacial score (nSPS) is 12.2. The van der Waals surface area contributed by atoms with Crippen LogP contribution in [0.5, 0.6) is 5.75 Å². The number of rotatable bonds is 6. The van der Waals surface area contributed by atoms with Crippen LogP contribution in [-0.2, 0) is 12.8 Å². The van der Waals surface area contributed by atoms with Crippen LogP contribution in [0.4, 0.5) is 0 Å². The standard InChI is InChI=1S/C18H23NO/c1-14-7-3-4-8-15(14)11-12-17(19)13-16-9-5-6-10-18(16)20-2/h3-10,17H,11-13,19H2,1-2H3. The average Bonchev–Trinajstić information content (AvgIpc) is 2.47. The highest BCUT2D eigenvalue weighted by atomic mass is 16.5. The largest absolute Gasteiger partial charge is 0.496 e. The van der Waals surface area contributed by atoms with Crippen molar-refractivity contribution in [1.29, 1.82) is 0 Å². The molecule has 0 aliphatic rings. The van der Waals surface area contributed by atoms with E-state index in [1.807, 2.05) is 18.2 Å². The maximum atomic E-state index is 6.27. The van der Waals surface area contributed by atoms with Crippen molar-refractivity contribution in [2.45, 2.75) is 32.2 Å².